The molecule has 1 aromatic carbocycles. The van der Waals surface area contributed by atoms with E-state index >= 15 is 0 Å². The van der Waals surface area contributed by atoms with E-state index in [2.05, 4.69) is 18.1 Å². The molecule has 0 aliphatic carbocycles. The van der Waals surface area contributed by atoms with Crippen molar-refractivity contribution in [1.29, 1.82) is 5.26 Å². The largest absolute Gasteiger partial charge is 0.484 e. The van der Waals surface area contributed by atoms with Crippen molar-refractivity contribution in [2.45, 2.75) is 6.61 Å². The molecule has 1 aliphatic heterocycles. The summed E-state index contributed by atoms with van der Waals surface area (Å²) < 4.78 is 24.1. The van der Waals surface area contributed by atoms with Gasteiger partial charge in [-0.05, 0) is 24.3 Å². The van der Waals surface area contributed by atoms with E-state index in [4.69, 9.17) is 9.15 Å². The number of quaternary nitrogens is 1. The predicted octanol–water partition coefficient (Wildman–Crippen LogP) is 0.599. The van der Waals surface area contributed by atoms with E-state index in [0.29, 0.717) is 17.5 Å². The van der Waals surface area contributed by atoms with E-state index < -0.39 is 0 Å². The van der Waals surface area contributed by atoms with Crippen LogP contribution in [0.15, 0.2) is 28.7 Å². The number of benzene rings is 1. The number of nitrogens with one attached hydrogen (secondary N) is 1. The first-order valence-electron chi connectivity index (χ1n) is 7.50. The standard InChI is InChI=1S/C16H17FN4O2/c1-20-6-8-21(9-7-20)16-14(10-18)19-15(23-16)11-22-13-4-2-12(17)3-5-13/h2-5H,6-9,11H2,1H3/p+1. The molecule has 1 saturated heterocycles. The summed E-state index contributed by atoms with van der Waals surface area (Å²) in [4.78, 5) is 7.68. The number of nitriles is 1. The van der Waals surface area contributed by atoms with Gasteiger partial charge in [-0.1, -0.05) is 0 Å². The van der Waals surface area contributed by atoms with Gasteiger partial charge in [0, 0.05) is 0 Å². The molecule has 0 saturated carbocycles. The van der Waals surface area contributed by atoms with Gasteiger partial charge >= 0.3 is 0 Å². The smallest absolute Gasteiger partial charge is 0.236 e. The number of aromatic nitrogens is 1. The zero-order valence-corrected chi connectivity index (χ0v) is 12.9. The first kappa shape index (κ1) is 15.3. The molecule has 1 N–H and O–H groups in total. The van der Waals surface area contributed by atoms with Crippen molar-refractivity contribution in [3.63, 3.8) is 0 Å². The highest BCUT2D eigenvalue weighted by Crippen LogP contribution is 2.22. The maximum atomic E-state index is 12.9. The zero-order chi connectivity index (χ0) is 16.2. The summed E-state index contributed by atoms with van der Waals surface area (Å²) in [5, 5.41) is 9.24. The summed E-state index contributed by atoms with van der Waals surface area (Å²) in [6.45, 7) is 3.74. The lowest BCUT2D eigenvalue weighted by Crippen LogP contribution is -3.12. The Balaban J connectivity index is 1.69. The van der Waals surface area contributed by atoms with Crippen LogP contribution in [0.2, 0.25) is 0 Å². The molecule has 0 spiro atoms. The summed E-state index contributed by atoms with van der Waals surface area (Å²) in [6, 6.07) is 7.79. The maximum Gasteiger partial charge on any atom is 0.236 e. The molecule has 1 fully saturated rings. The van der Waals surface area contributed by atoms with Crippen molar-refractivity contribution in [2.24, 2.45) is 0 Å². The summed E-state index contributed by atoms with van der Waals surface area (Å²) in [7, 11) is 2.14. The fourth-order valence-corrected chi connectivity index (χ4v) is 2.47. The molecule has 2 aromatic rings. The number of hydrogen-bond donors (Lipinski definition) is 1. The lowest BCUT2D eigenvalue weighted by Gasteiger charge is -2.29. The predicted molar refractivity (Wildman–Crippen MR) is 80.8 cm³/mol. The Morgan fingerprint density at radius 2 is 2.04 bits per heavy atom. The van der Waals surface area contributed by atoms with Crippen LogP contribution < -0.4 is 14.5 Å². The molecule has 0 radical (unpaired) electrons. The van der Waals surface area contributed by atoms with E-state index in [1.165, 1.54) is 29.2 Å². The van der Waals surface area contributed by atoms with E-state index in [0.717, 1.165) is 26.2 Å². The highest BCUT2D eigenvalue weighted by Gasteiger charge is 2.24. The normalized spacial score (nSPS) is 15.4. The van der Waals surface area contributed by atoms with Gasteiger partial charge in [0.1, 0.15) is 17.6 Å². The third-order valence-corrected chi connectivity index (χ3v) is 3.84. The van der Waals surface area contributed by atoms with Crippen LogP contribution in [0.1, 0.15) is 11.6 Å². The topological polar surface area (TPSA) is 66.7 Å². The second-order valence-electron chi connectivity index (χ2n) is 5.56. The van der Waals surface area contributed by atoms with Crippen molar-refractivity contribution in [1.82, 2.24) is 4.98 Å². The molecule has 0 bridgehead atoms. The Hall–Kier alpha value is -2.59. The minimum Gasteiger partial charge on any atom is -0.484 e. The fraction of sp³-hybridized carbons (Fsp3) is 0.375. The molecule has 0 atom stereocenters. The summed E-state index contributed by atoms with van der Waals surface area (Å²) >= 11 is 0. The van der Waals surface area contributed by atoms with E-state index in [9.17, 15) is 9.65 Å². The van der Waals surface area contributed by atoms with Crippen molar-refractivity contribution in [3.05, 3.63) is 41.7 Å². The van der Waals surface area contributed by atoms with Gasteiger partial charge < -0.3 is 19.0 Å². The minimum absolute atomic E-state index is 0.0965. The molecule has 1 aromatic heterocycles. The third-order valence-electron chi connectivity index (χ3n) is 3.84. The molecule has 0 amide bonds. The van der Waals surface area contributed by atoms with Crippen LogP contribution >= 0.6 is 0 Å². The third kappa shape index (κ3) is 3.60. The molecular formula is C16H18FN4O2+. The van der Waals surface area contributed by atoms with E-state index in [1.54, 1.807) is 0 Å². The number of oxazole rings is 1. The van der Waals surface area contributed by atoms with Crippen molar-refractivity contribution in [3.8, 4) is 11.8 Å². The summed E-state index contributed by atoms with van der Waals surface area (Å²) in [6.07, 6.45) is 0. The number of rotatable bonds is 4. The molecule has 2 heterocycles. The van der Waals surface area contributed by atoms with Gasteiger partial charge in [-0.3, -0.25) is 0 Å². The number of ether oxygens (including phenoxy) is 1. The second-order valence-corrected chi connectivity index (χ2v) is 5.56. The first-order chi connectivity index (χ1) is 11.2. The van der Waals surface area contributed by atoms with Crippen molar-refractivity contribution < 1.29 is 18.4 Å². The highest BCUT2D eigenvalue weighted by molar-refractivity contribution is 5.48. The number of halogens is 1. The second kappa shape index (κ2) is 6.67. The molecule has 6 nitrogen and oxygen atoms in total. The average molecular weight is 317 g/mol. The SMILES string of the molecule is C[NH+]1CCN(c2oc(COc3ccc(F)cc3)nc2C#N)CC1. The van der Waals surface area contributed by atoms with E-state index in [1.807, 2.05) is 4.90 Å². The monoisotopic (exact) mass is 317 g/mol. The molecule has 7 heteroatoms. The van der Waals surface area contributed by atoms with Gasteiger partial charge in [-0.15, -0.1) is 0 Å². The number of piperazine rings is 1. The lowest BCUT2D eigenvalue weighted by molar-refractivity contribution is -0.880. The fourth-order valence-electron chi connectivity index (χ4n) is 2.47. The maximum absolute atomic E-state index is 12.9. The van der Waals surface area contributed by atoms with Crippen LogP contribution in [-0.4, -0.2) is 38.2 Å². The summed E-state index contributed by atoms with van der Waals surface area (Å²) in [5.74, 6) is 1.05. The van der Waals surface area contributed by atoms with Gasteiger partial charge in [0.25, 0.3) is 0 Å². The van der Waals surface area contributed by atoms with Gasteiger partial charge in [0.05, 0.1) is 33.2 Å². The number of likely N-dealkylation sites (N-methyl/N-ethyl adjacent to an activating group) is 1. The Labute approximate surface area is 133 Å². The lowest BCUT2D eigenvalue weighted by atomic mass is 10.3. The zero-order valence-electron chi connectivity index (χ0n) is 12.9. The van der Waals surface area contributed by atoms with Crippen LogP contribution in [0.4, 0.5) is 10.3 Å². The average Bonchev–Trinajstić information content (AvgIpc) is 2.98. The number of anilines is 1. The van der Waals surface area contributed by atoms with Gasteiger partial charge in [0.15, 0.2) is 6.61 Å². The van der Waals surface area contributed by atoms with Crippen LogP contribution in [0, 0.1) is 17.1 Å². The Bertz CT molecular complexity index is 700. The van der Waals surface area contributed by atoms with Gasteiger partial charge in [-0.25, -0.2) is 4.39 Å². The number of hydrogen-bond acceptors (Lipinski definition) is 5. The number of nitrogens with zero attached hydrogens (tertiary/aromatic N) is 3. The minimum atomic E-state index is -0.320. The Morgan fingerprint density at radius 3 is 2.70 bits per heavy atom. The molecule has 0 unspecified atom stereocenters. The quantitative estimate of drug-likeness (QED) is 0.894. The van der Waals surface area contributed by atoms with Crippen LogP contribution in [0.5, 0.6) is 5.75 Å². The molecule has 23 heavy (non-hydrogen) atoms. The highest BCUT2D eigenvalue weighted by atomic mass is 19.1. The molecule has 3 rings (SSSR count). The van der Waals surface area contributed by atoms with Crippen molar-refractivity contribution in [2.75, 3.05) is 38.1 Å². The van der Waals surface area contributed by atoms with E-state index in [-0.39, 0.29) is 18.1 Å². The van der Waals surface area contributed by atoms with Crippen LogP contribution in [0.25, 0.3) is 0 Å². The van der Waals surface area contributed by atoms with Crippen LogP contribution in [-0.2, 0) is 6.61 Å². The van der Waals surface area contributed by atoms with Gasteiger partial charge in [-0.2, -0.15) is 10.2 Å². The van der Waals surface area contributed by atoms with Gasteiger partial charge in [0.2, 0.25) is 17.5 Å². The summed E-state index contributed by atoms with van der Waals surface area (Å²) in [5.41, 5.74) is 0.280. The molecule has 120 valence electrons. The molecular weight excluding hydrogens is 299 g/mol. The molecule has 1 aliphatic rings. The Kier molecular flexibility index (Phi) is 4.44. The van der Waals surface area contributed by atoms with Crippen molar-refractivity contribution >= 4 is 5.88 Å². The van der Waals surface area contributed by atoms with Crippen LogP contribution in [0.3, 0.4) is 0 Å². The Morgan fingerprint density at radius 1 is 1.35 bits per heavy atom. The first-order valence-corrected chi connectivity index (χ1v) is 7.50.